The van der Waals surface area contributed by atoms with Crippen molar-refractivity contribution < 1.29 is 91.7 Å². The topological polar surface area (TPSA) is 128 Å². The second kappa shape index (κ2) is 16.5. The summed E-state index contributed by atoms with van der Waals surface area (Å²) in [5.41, 5.74) is 3.43. The molecule has 0 aliphatic heterocycles. The molecule has 0 fully saturated rings. The van der Waals surface area contributed by atoms with Gasteiger partial charge in [0, 0.05) is 11.6 Å². The van der Waals surface area contributed by atoms with Crippen molar-refractivity contribution in [3.8, 4) is 63.7 Å². The third-order valence-corrected chi connectivity index (χ3v) is 10.3. The molecule has 0 amide bonds. The fourth-order valence-corrected chi connectivity index (χ4v) is 7.01. The van der Waals surface area contributed by atoms with E-state index >= 15 is 0 Å². The number of terminal acetylenes is 1. The van der Waals surface area contributed by atoms with Crippen LogP contribution in [-0.4, -0.2) is 28.5 Å². The van der Waals surface area contributed by atoms with Gasteiger partial charge in [-0.25, -0.2) is 16.8 Å². The van der Waals surface area contributed by atoms with E-state index in [1.807, 2.05) is 55.5 Å². The summed E-state index contributed by atoms with van der Waals surface area (Å²) in [7, 11) is -7.31. The molecule has 12 heteroatoms. The summed E-state index contributed by atoms with van der Waals surface area (Å²) in [4.78, 5) is -0.642. The van der Waals surface area contributed by atoms with Crippen molar-refractivity contribution in [1.82, 2.24) is 0 Å². The molecule has 0 radical (unpaired) electrons. The first-order valence-corrected chi connectivity index (χ1v) is 18.2. The minimum absolute atomic E-state index is 0. The molecule has 0 atom stereocenters. The zero-order valence-corrected chi connectivity index (χ0v) is 33.0. The number of hydrogen-bond donors (Lipinski definition) is 0. The maximum atomic E-state index is 13.4. The summed E-state index contributed by atoms with van der Waals surface area (Å²) in [6, 6.07) is 35.5. The Morgan fingerprint density at radius 1 is 0.558 bits per heavy atom. The molecule has 0 aliphatic rings. The molecule has 0 aliphatic carbocycles. The quantitative estimate of drug-likeness (QED) is 0.0920. The van der Waals surface area contributed by atoms with Gasteiger partial charge in [-0.3, -0.25) is 0 Å². The molecule has 6 aromatic carbocycles. The Balaban J connectivity index is 0.00000523. The Labute approximate surface area is 345 Å². The van der Waals surface area contributed by atoms with E-state index in [1.54, 1.807) is 37.4 Å². The van der Waals surface area contributed by atoms with Crippen LogP contribution in [0, 0.1) is 19.3 Å². The second-order valence-corrected chi connectivity index (χ2v) is 14.5. The SMILES string of the molecule is C#Cc1cc(C)cc(Oc2ccc(Oc3ccc(S(=O)(=O)c4ccc(Oc5ccc(-c6ccc(OC)cc6)cc5)cc4)cc3)c(S(=O)(=O)[O-])c2)c1.[K+]. The van der Waals surface area contributed by atoms with Gasteiger partial charge in [-0.1, -0.05) is 30.2 Å². The largest absolute Gasteiger partial charge is 1.00 e. The van der Waals surface area contributed by atoms with Crippen LogP contribution >= 0.6 is 0 Å². The van der Waals surface area contributed by atoms with E-state index in [0.29, 0.717) is 22.8 Å². The van der Waals surface area contributed by atoms with E-state index in [0.717, 1.165) is 28.5 Å². The van der Waals surface area contributed by atoms with Crippen molar-refractivity contribution in [3.63, 3.8) is 0 Å². The molecule has 0 spiro atoms. The third kappa shape index (κ3) is 9.32. The molecule has 0 N–H and O–H groups in total. The van der Waals surface area contributed by atoms with Crippen molar-refractivity contribution in [2.45, 2.75) is 21.6 Å². The third-order valence-electron chi connectivity index (χ3n) is 7.65. The van der Waals surface area contributed by atoms with Gasteiger partial charge in [0.2, 0.25) is 9.84 Å². The minimum Gasteiger partial charge on any atom is -0.744 e. The number of rotatable bonds is 11. The van der Waals surface area contributed by atoms with E-state index in [1.165, 1.54) is 48.5 Å². The van der Waals surface area contributed by atoms with Crippen molar-refractivity contribution in [3.05, 3.63) is 145 Å². The molecule has 0 saturated carbocycles. The monoisotopic (exact) mass is 756 g/mol. The molecule has 6 rings (SSSR count). The van der Waals surface area contributed by atoms with Gasteiger partial charge in [-0.05, 0) is 127 Å². The van der Waals surface area contributed by atoms with Crippen LogP contribution in [0.2, 0.25) is 0 Å². The van der Waals surface area contributed by atoms with Crippen LogP contribution in [0.4, 0.5) is 0 Å². The Hall–Kier alpha value is -4.42. The number of hydrogen-bond acceptors (Lipinski definition) is 9. The fraction of sp³-hybridized carbons (Fsp3) is 0.0500. The van der Waals surface area contributed by atoms with Crippen LogP contribution in [0.1, 0.15) is 11.1 Å². The average Bonchev–Trinajstić information content (AvgIpc) is 3.12. The van der Waals surface area contributed by atoms with Gasteiger partial charge in [0.15, 0.2) is 0 Å². The van der Waals surface area contributed by atoms with Gasteiger partial charge in [0.1, 0.15) is 55.3 Å². The normalized spacial score (nSPS) is 11.1. The fourth-order valence-electron chi connectivity index (χ4n) is 5.13. The van der Waals surface area contributed by atoms with E-state index in [-0.39, 0.29) is 78.4 Å². The first-order valence-electron chi connectivity index (χ1n) is 15.3. The molecular formula is C40H29KO9S2. The Kier molecular flexibility index (Phi) is 12.3. The Morgan fingerprint density at radius 2 is 1.02 bits per heavy atom. The number of aryl methyl sites for hydroxylation is 1. The molecule has 0 heterocycles. The van der Waals surface area contributed by atoms with Crippen LogP contribution < -0.4 is 70.3 Å². The number of sulfone groups is 1. The zero-order valence-electron chi connectivity index (χ0n) is 28.3. The second-order valence-electron chi connectivity index (χ2n) is 11.2. The molecule has 9 nitrogen and oxygen atoms in total. The first kappa shape index (κ1) is 38.8. The summed E-state index contributed by atoms with van der Waals surface area (Å²) in [5.74, 6) is 4.60. The summed E-state index contributed by atoms with van der Waals surface area (Å²) in [5, 5.41) is 0. The maximum Gasteiger partial charge on any atom is 1.00 e. The predicted octanol–water partition coefficient (Wildman–Crippen LogP) is 5.77. The van der Waals surface area contributed by atoms with Crippen LogP contribution in [0.3, 0.4) is 0 Å². The summed E-state index contributed by atoms with van der Waals surface area (Å²) >= 11 is 0. The molecule has 0 bridgehead atoms. The summed E-state index contributed by atoms with van der Waals surface area (Å²) in [6.45, 7) is 1.83. The van der Waals surface area contributed by atoms with Gasteiger partial charge >= 0.3 is 51.4 Å². The number of benzene rings is 6. The van der Waals surface area contributed by atoms with Crippen molar-refractivity contribution in [1.29, 1.82) is 0 Å². The number of ether oxygens (including phenoxy) is 4. The van der Waals surface area contributed by atoms with Gasteiger partial charge in [-0.15, -0.1) is 6.42 Å². The average molecular weight is 757 g/mol. The van der Waals surface area contributed by atoms with E-state index in [2.05, 4.69) is 5.92 Å². The van der Waals surface area contributed by atoms with E-state index < -0.39 is 24.9 Å². The molecule has 0 saturated heterocycles. The van der Waals surface area contributed by atoms with Gasteiger partial charge < -0.3 is 23.5 Å². The smallest absolute Gasteiger partial charge is 0.744 e. The van der Waals surface area contributed by atoms with Crippen LogP contribution in [0.25, 0.3) is 11.1 Å². The molecule has 0 aromatic heterocycles. The molecular weight excluding hydrogens is 728 g/mol. The van der Waals surface area contributed by atoms with Gasteiger partial charge in [-0.2, -0.15) is 0 Å². The summed E-state index contributed by atoms with van der Waals surface area (Å²) in [6.07, 6.45) is 5.49. The minimum atomic E-state index is -4.99. The maximum absolute atomic E-state index is 13.4. The summed E-state index contributed by atoms with van der Waals surface area (Å²) < 4.78 is 85.8. The van der Waals surface area contributed by atoms with Gasteiger partial charge in [0.05, 0.1) is 16.9 Å². The Morgan fingerprint density at radius 3 is 1.52 bits per heavy atom. The molecule has 52 heavy (non-hydrogen) atoms. The standard InChI is InChI=1S/C40H30O9S2.K/c1-4-28-23-27(2)24-36(25-28)48-35-17-22-39(40(26-35)51(43,44)45)49-34-15-20-38(21-16-34)50(41,42)37-18-13-33(14-19-37)47-32-11-7-30(8-12-32)29-5-9-31(46-3)10-6-29;/h1,5-26H,2-3H3,(H,43,44,45);/q;+1/p-1. The van der Waals surface area contributed by atoms with Crippen LogP contribution in [0.5, 0.6) is 40.2 Å². The zero-order chi connectivity index (χ0) is 36.2. The Bertz CT molecular complexity index is 2460. The number of methoxy groups -OCH3 is 1. The van der Waals surface area contributed by atoms with Gasteiger partial charge in [0.25, 0.3) is 0 Å². The molecule has 6 aromatic rings. The van der Waals surface area contributed by atoms with Crippen molar-refractivity contribution in [2.24, 2.45) is 0 Å². The van der Waals surface area contributed by atoms with Crippen LogP contribution in [-0.2, 0) is 20.0 Å². The molecule has 256 valence electrons. The van der Waals surface area contributed by atoms with E-state index in [9.17, 15) is 21.4 Å². The predicted molar refractivity (Wildman–Crippen MR) is 191 cm³/mol. The molecule has 0 unspecified atom stereocenters. The van der Waals surface area contributed by atoms with E-state index in [4.69, 9.17) is 25.4 Å². The first-order chi connectivity index (χ1) is 24.4. The van der Waals surface area contributed by atoms with Crippen LogP contribution in [0.15, 0.2) is 148 Å². The van der Waals surface area contributed by atoms with Crippen molar-refractivity contribution in [2.75, 3.05) is 7.11 Å². The van der Waals surface area contributed by atoms with Crippen molar-refractivity contribution >= 4 is 20.0 Å².